The van der Waals surface area contributed by atoms with Crippen LogP contribution < -0.4 is 23.7 Å². The van der Waals surface area contributed by atoms with Gasteiger partial charge in [-0.25, -0.2) is 0 Å². The number of methoxy groups -OCH3 is 3. The lowest BCUT2D eigenvalue weighted by atomic mass is 9.54. The van der Waals surface area contributed by atoms with Crippen molar-refractivity contribution in [3.05, 3.63) is 113 Å². The van der Waals surface area contributed by atoms with Crippen LogP contribution in [-0.2, 0) is 20.7 Å². The maximum absolute atomic E-state index is 13.8. The zero-order valence-electron chi connectivity index (χ0n) is 24.5. The third kappa shape index (κ3) is 3.82. The third-order valence-corrected chi connectivity index (χ3v) is 9.28. The van der Waals surface area contributed by atoms with E-state index in [9.17, 15) is 15.0 Å². The van der Waals surface area contributed by atoms with Gasteiger partial charge in [0.1, 0.15) is 11.2 Å². The van der Waals surface area contributed by atoms with Crippen molar-refractivity contribution in [1.29, 1.82) is 0 Å². The van der Waals surface area contributed by atoms with Gasteiger partial charge in [0.15, 0.2) is 23.0 Å². The summed E-state index contributed by atoms with van der Waals surface area (Å²) >= 11 is 0. The molecule has 0 spiro atoms. The number of ether oxygens (including phenoxy) is 6. The Morgan fingerprint density at radius 1 is 0.795 bits per heavy atom. The number of hydrogen-bond donors (Lipinski definition) is 2. The van der Waals surface area contributed by atoms with Crippen molar-refractivity contribution in [1.82, 2.24) is 0 Å². The van der Waals surface area contributed by atoms with E-state index in [-0.39, 0.29) is 13.4 Å². The molecule has 1 saturated heterocycles. The second kappa shape index (κ2) is 10.5. The first-order valence-electron chi connectivity index (χ1n) is 14.3. The summed E-state index contributed by atoms with van der Waals surface area (Å²) in [6.07, 6.45) is 0. The SMILES string of the molecule is COc1cc([C@@H]2c3cc4c(cc3[C@](O)(C(O)(c3ccccc3)c3ccccc3)[C@H]3COC(=O)[C@H]23)OCO4)cc(OC)c1OC. The van der Waals surface area contributed by atoms with Crippen molar-refractivity contribution in [2.24, 2.45) is 11.8 Å². The zero-order chi connectivity index (χ0) is 30.6. The first-order chi connectivity index (χ1) is 21.4. The lowest BCUT2D eigenvalue weighted by Gasteiger charge is -2.53. The zero-order valence-corrected chi connectivity index (χ0v) is 24.5. The number of hydrogen-bond acceptors (Lipinski definition) is 9. The maximum Gasteiger partial charge on any atom is 0.310 e. The highest BCUT2D eigenvalue weighted by atomic mass is 16.7. The molecule has 1 fully saturated rings. The van der Waals surface area contributed by atoms with Crippen LogP contribution in [0.1, 0.15) is 33.7 Å². The van der Waals surface area contributed by atoms with Crippen LogP contribution >= 0.6 is 0 Å². The van der Waals surface area contributed by atoms with Gasteiger partial charge in [-0.1, -0.05) is 60.7 Å². The van der Waals surface area contributed by atoms with E-state index in [0.29, 0.717) is 56.6 Å². The summed E-state index contributed by atoms with van der Waals surface area (Å²) in [5.41, 5.74) is -1.48. The van der Waals surface area contributed by atoms with Gasteiger partial charge in [-0.15, -0.1) is 0 Å². The van der Waals surface area contributed by atoms with E-state index in [1.807, 2.05) is 36.4 Å². The van der Waals surface area contributed by atoms with Gasteiger partial charge >= 0.3 is 5.97 Å². The number of fused-ring (bicyclic) bond motifs is 3. The minimum Gasteiger partial charge on any atom is -0.493 e. The van der Waals surface area contributed by atoms with Crippen LogP contribution in [0.15, 0.2) is 84.9 Å². The quantitative estimate of drug-likeness (QED) is 0.298. The van der Waals surface area contributed by atoms with E-state index in [1.165, 1.54) is 21.3 Å². The largest absolute Gasteiger partial charge is 0.493 e. The molecule has 9 nitrogen and oxygen atoms in total. The van der Waals surface area contributed by atoms with Crippen molar-refractivity contribution < 1.29 is 43.4 Å². The summed E-state index contributed by atoms with van der Waals surface area (Å²) in [6, 6.07) is 25.1. The first kappa shape index (κ1) is 28.1. The smallest absolute Gasteiger partial charge is 0.310 e. The standard InChI is InChI=1S/C35H32O9/c1-39-28-14-20(15-29(40-2)32(28)41-3)30-23-16-26-27(44-19-43-26)17-24(23)35(38,25-18-42-33(36)31(25)30)34(37,21-10-6-4-7-11-21)22-12-8-5-9-13-22/h4-17,25,30-31,37-38H,18-19H2,1-3H3/t25-,30+,31-,35+/m0/s1. The van der Waals surface area contributed by atoms with Gasteiger partial charge in [-0.2, -0.15) is 0 Å². The Bertz CT molecular complexity index is 1660. The van der Waals surface area contributed by atoms with Crippen molar-refractivity contribution in [3.63, 3.8) is 0 Å². The molecule has 7 rings (SSSR count). The van der Waals surface area contributed by atoms with Gasteiger partial charge in [0.2, 0.25) is 12.5 Å². The average molecular weight is 597 g/mol. The van der Waals surface area contributed by atoms with E-state index >= 15 is 0 Å². The molecule has 4 aromatic carbocycles. The van der Waals surface area contributed by atoms with Crippen LogP contribution in [0.25, 0.3) is 0 Å². The number of esters is 1. The predicted octanol–water partition coefficient (Wildman–Crippen LogP) is 4.50. The molecule has 0 unspecified atom stereocenters. The molecule has 0 amide bonds. The minimum absolute atomic E-state index is 0.00202. The van der Waals surface area contributed by atoms with Gasteiger partial charge in [0, 0.05) is 11.8 Å². The van der Waals surface area contributed by atoms with Crippen LogP contribution in [-0.4, -0.2) is 50.9 Å². The molecular formula is C35H32O9. The summed E-state index contributed by atoms with van der Waals surface area (Å²) in [6.45, 7) is -0.112. The number of aliphatic hydroxyl groups is 2. The molecule has 0 saturated carbocycles. The molecule has 9 heteroatoms. The van der Waals surface area contributed by atoms with Crippen LogP contribution in [0.2, 0.25) is 0 Å². The number of benzene rings is 4. The second-order valence-electron chi connectivity index (χ2n) is 11.2. The fourth-order valence-electron chi connectivity index (χ4n) is 7.32. The van der Waals surface area contributed by atoms with Gasteiger partial charge in [-0.05, 0) is 52.1 Å². The lowest BCUT2D eigenvalue weighted by Crippen LogP contribution is -2.59. The van der Waals surface area contributed by atoms with E-state index in [0.717, 1.165) is 0 Å². The third-order valence-electron chi connectivity index (χ3n) is 9.28. The summed E-state index contributed by atoms with van der Waals surface area (Å²) < 4.78 is 34.2. The molecule has 0 radical (unpaired) electrons. The lowest BCUT2D eigenvalue weighted by molar-refractivity contribution is -0.187. The molecule has 3 aliphatic rings. The Balaban J connectivity index is 1.56. The highest BCUT2D eigenvalue weighted by Gasteiger charge is 2.67. The maximum atomic E-state index is 13.8. The Hall–Kier alpha value is -4.73. The Labute approximate surface area is 254 Å². The number of carbonyl (C=O) groups excluding carboxylic acids is 1. The number of cyclic esters (lactones) is 1. The Morgan fingerprint density at radius 2 is 1.36 bits per heavy atom. The molecule has 44 heavy (non-hydrogen) atoms. The monoisotopic (exact) mass is 596 g/mol. The molecule has 2 heterocycles. The molecule has 2 N–H and O–H groups in total. The average Bonchev–Trinajstić information content (AvgIpc) is 3.70. The number of carbonyl (C=O) groups is 1. The van der Waals surface area contributed by atoms with Crippen LogP contribution in [0.3, 0.4) is 0 Å². The van der Waals surface area contributed by atoms with E-state index in [4.69, 9.17) is 28.4 Å². The highest BCUT2D eigenvalue weighted by molar-refractivity contribution is 5.80. The van der Waals surface area contributed by atoms with Crippen molar-refractivity contribution >= 4 is 5.97 Å². The van der Waals surface area contributed by atoms with Gasteiger partial charge in [0.05, 0.1) is 33.9 Å². The summed E-state index contributed by atoms with van der Waals surface area (Å²) in [4.78, 5) is 13.8. The van der Waals surface area contributed by atoms with Crippen molar-refractivity contribution in [2.45, 2.75) is 17.1 Å². The molecule has 1 aliphatic carbocycles. The fourth-order valence-corrected chi connectivity index (χ4v) is 7.32. The second-order valence-corrected chi connectivity index (χ2v) is 11.2. The normalized spacial score (nSPS) is 23.4. The van der Waals surface area contributed by atoms with E-state index < -0.39 is 34.9 Å². The topological polar surface area (TPSA) is 113 Å². The summed E-state index contributed by atoms with van der Waals surface area (Å²) in [5, 5.41) is 26.5. The summed E-state index contributed by atoms with van der Waals surface area (Å²) in [7, 11) is 4.58. The van der Waals surface area contributed by atoms with Gasteiger partial charge < -0.3 is 38.6 Å². The molecule has 0 aromatic heterocycles. The van der Waals surface area contributed by atoms with Crippen LogP contribution in [0.5, 0.6) is 28.7 Å². The number of rotatable bonds is 7. The molecule has 226 valence electrons. The van der Waals surface area contributed by atoms with Crippen molar-refractivity contribution in [3.8, 4) is 28.7 Å². The first-order valence-corrected chi connectivity index (χ1v) is 14.3. The van der Waals surface area contributed by atoms with E-state index in [2.05, 4.69) is 0 Å². The highest BCUT2D eigenvalue weighted by Crippen LogP contribution is 2.63. The van der Waals surface area contributed by atoms with Gasteiger partial charge in [-0.3, -0.25) is 4.79 Å². The molecule has 4 aromatic rings. The molecule has 0 bridgehead atoms. The fraction of sp³-hybridized carbons (Fsp3) is 0.286. The van der Waals surface area contributed by atoms with Crippen molar-refractivity contribution in [2.75, 3.05) is 34.7 Å². The van der Waals surface area contributed by atoms with Crippen LogP contribution in [0, 0.1) is 11.8 Å². The molecule has 4 atom stereocenters. The van der Waals surface area contributed by atoms with Crippen LogP contribution in [0.4, 0.5) is 0 Å². The van der Waals surface area contributed by atoms with Gasteiger partial charge in [0.25, 0.3) is 0 Å². The Kier molecular flexibility index (Phi) is 6.68. The summed E-state index contributed by atoms with van der Waals surface area (Å²) in [5.74, 6) is -0.759. The Morgan fingerprint density at radius 3 is 1.91 bits per heavy atom. The molecule has 2 aliphatic heterocycles. The predicted molar refractivity (Wildman–Crippen MR) is 158 cm³/mol. The van der Waals surface area contributed by atoms with E-state index in [1.54, 1.807) is 48.5 Å². The molecular weight excluding hydrogens is 564 g/mol. The minimum atomic E-state index is -2.06.